The van der Waals surface area contributed by atoms with Gasteiger partial charge in [-0.15, -0.1) is 0 Å². The maximum absolute atomic E-state index is 13.8. The van der Waals surface area contributed by atoms with E-state index in [4.69, 9.17) is 0 Å². The van der Waals surface area contributed by atoms with Crippen molar-refractivity contribution in [1.82, 2.24) is 10.6 Å². The van der Waals surface area contributed by atoms with Gasteiger partial charge < -0.3 is 10.6 Å². The summed E-state index contributed by atoms with van der Waals surface area (Å²) in [5, 5.41) is 17.3. The van der Waals surface area contributed by atoms with Crippen molar-refractivity contribution in [3.8, 4) is 0 Å². The van der Waals surface area contributed by atoms with Crippen LogP contribution in [0.4, 0.5) is 5.69 Å². The Morgan fingerprint density at radius 1 is 0.763 bits per heavy atom. The van der Waals surface area contributed by atoms with E-state index in [0.29, 0.717) is 0 Å². The molecule has 7 nitrogen and oxygen atoms in total. The quantitative estimate of drug-likeness (QED) is 0.284. The zero-order valence-electron chi connectivity index (χ0n) is 21.6. The van der Waals surface area contributed by atoms with E-state index in [9.17, 15) is 19.7 Å². The summed E-state index contributed by atoms with van der Waals surface area (Å²) < 4.78 is 0. The maximum Gasteiger partial charge on any atom is 0.269 e. The molecule has 1 saturated carbocycles. The van der Waals surface area contributed by atoms with Gasteiger partial charge in [-0.2, -0.15) is 0 Å². The first-order chi connectivity index (χ1) is 18.5. The van der Waals surface area contributed by atoms with Gasteiger partial charge in [0.15, 0.2) is 0 Å². The Bertz CT molecular complexity index is 1150. The topological polar surface area (TPSA) is 101 Å². The van der Waals surface area contributed by atoms with Crippen LogP contribution in [0.15, 0.2) is 84.9 Å². The van der Waals surface area contributed by atoms with E-state index in [1.807, 2.05) is 60.7 Å². The zero-order chi connectivity index (χ0) is 26.7. The predicted molar refractivity (Wildman–Crippen MR) is 148 cm³/mol. The number of hydrogen-bond acceptors (Lipinski definition) is 4. The molecule has 0 radical (unpaired) electrons. The second-order valence-electron chi connectivity index (χ2n) is 9.99. The lowest BCUT2D eigenvalue weighted by Gasteiger charge is -2.26. The number of nitrogens with zero attached hydrogens (tertiary/aromatic N) is 1. The number of nitrogens with one attached hydrogen (secondary N) is 2. The molecule has 2 amide bonds. The molecule has 0 aliphatic heterocycles. The van der Waals surface area contributed by atoms with E-state index in [-0.39, 0.29) is 30.0 Å². The number of nitro benzene ring substituents is 1. The molecule has 0 saturated heterocycles. The zero-order valence-corrected chi connectivity index (χ0v) is 21.6. The molecule has 0 spiro atoms. The molecule has 3 aromatic rings. The van der Waals surface area contributed by atoms with Gasteiger partial charge in [-0.3, -0.25) is 19.7 Å². The minimum absolute atomic E-state index is 0.0125. The van der Waals surface area contributed by atoms with Crippen LogP contribution in [0, 0.1) is 10.1 Å². The Labute approximate surface area is 223 Å². The van der Waals surface area contributed by atoms with Crippen molar-refractivity contribution in [1.29, 1.82) is 0 Å². The molecule has 0 heterocycles. The molecule has 1 fully saturated rings. The highest BCUT2D eigenvalue weighted by molar-refractivity contribution is 5.92. The maximum atomic E-state index is 13.8. The molecular formula is C31H35N3O4. The van der Waals surface area contributed by atoms with Crippen LogP contribution in [0.3, 0.4) is 0 Å². The summed E-state index contributed by atoms with van der Waals surface area (Å²) in [5.74, 6) is -1.06. The first kappa shape index (κ1) is 27.0. The molecule has 4 rings (SSSR count). The Morgan fingerprint density at radius 3 is 1.82 bits per heavy atom. The number of nitro groups is 1. The third kappa shape index (κ3) is 7.51. The smallest absolute Gasteiger partial charge is 0.269 e. The number of carbonyl (C=O) groups excluding carboxylic acids is 2. The van der Waals surface area contributed by atoms with Crippen molar-refractivity contribution >= 4 is 17.5 Å². The second-order valence-corrected chi connectivity index (χ2v) is 9.99. The van der Waals surface area contributed by atoms with Gasteiger partial charge in [-0.1, -0.05) is 105 Å². The van der Waals surface area contributed by atoms with Gasteiger partial charge in [-0.05, 0) is 29.5 Å². The molecule has 3 aromatic carbocycles. The number of benzene rings is 3. The van der Waals surface area contributed by atoms with Crippen LogP contribution in [0.25, 0.3) is 0 Å². The van der Waals surface area contributed by atoms with Crippen LogP contribution in [0.5, 0.6) is 0 Å². The van der Waals surface area contributed by atoms with Gasteiger partial charge >= 0.3 is 0 Å². The Balaban J connectivity index is 1.58. The second kappa shape index (κ2) is 13.5. The first-order valence-corrected chi connectivity index (χ1v) is 13.5. The Morgan fingerprint density at radius 2 is 1.29 bits per heavy atom. The summed E-state index contributed by atoms with van der Waals surface area (Å²) in [6, 6.07) is 24.5. The molecule has 38 heavy (non-hydrogen) atoms. The number of hydrogen-bond donors (Lipinski definition) is 2. The lowest BCUT2D eigenvalue weighted by molar-refractivity contribution is -0.384. The van der Waals surface area contributed by atoms with E-state index in [1.165, 1.54) is 31.4 Å². The van der Waals surface area contributed by atoms with Crippen LogP contribution in [0.2, 0.25) is 0 Å². The van der Waals surface area contributed by atoms with Crippen LogP contribution in [-0.4, -0.2) is 28.8 Å². The van der Waals surface area contributed by atoms with Gasteiger partial charge in [0.1, 0.15) is 6.04 Å². The normalized spacial score (nSPS) is 15.2. The average molecular weight is 514 g/mol. The van der Waals surface area contributed by atoms with Gasteiger partial charge in [0.05, 0.1) is 10.8 Å². The van der Waals surface area contributed by atoms with Gasteiger partial charge in [0.25, 0.3) is 5.69 Å². The fraction of sp³-hybridized carbons (Fsp3) is 0.355. The Hall–Kier alpha value is -4.00. The lowest BCUT2D eigenvalue weighted by Crippen LogP contribution is -2.51. The number of carbonyl (C=O) groups is 2. The van der Waals surface area contributed by atoms with E-state index >= 15 is 0 Å². The molecular weight excluding hydrogens is 478 g/mol. The van der Waals surface area contributed by atoms with Crippen LogP contribution >= 0.6 is 0 Å². The molecule has 2 N–H and O–H groups in total. The van der Waals surface area contributed by atoms with Crippen molar-refractivity contribution in [3.05, 3.63) is 112 Å². The fourth-order valence-electron chi connectivity index (χ4n) is 5.14. The third-order valence-corrected chi connectivity index (χ3v) is 7.20. The largest absolute Gasteiger partial charge is 0.352 e. The highest BCUT2D eigenvalue weighted by Gasteiger charge is 2.29. The van der Waals surface area contributed by atoms with Crippen LogP contribution < -0.4 is 10.6 Å². The van der Waals surface area contributed by atoms with Crippen LogP contribution in [0.1, 0.15) is 67.6 Å². The minimum Gasteiger partial charge on any atom is -0.352 e. The molecule has 0 unspecified atom stereocenters. The van der Waals surface area contributed by atoms with Gasteiger partial charge in [-0.25, -0.2) is 0 Å². The van der Waals surface area contributed by atoms with Crippen molar-refractivity contribution in [2.24, 2.45) is 0 Å². The van der Waals surface area contributed by atoms with Crippen molar-refractivity contribution in [3.63, 3.8) is 0 Å². The summed E-state index contributed by atoms with van der Waals surface area (Å²) in [6.45, 7) is 0. The number of rotatable bonds is 9. The number of non-ortho nitro benzene ring substituents is 1. The molecule has 1 aliphatic carbocycles. The third-order valence-electron chi connectivity index (χ3n) is 7.20. The van der Waals surface area contributed by atoms with E-state index in [1.54, 1.807) is 12.1 Å². The molecule has 0 aromatic heterocycles. The molecule has 7 heteroatoms. The number of amides is 2. The van der Waals surface area contributed by atoms with Crippen LogP contribution in [-0.2, 0) is 16.0 Å². The monoisotopic (exact) mass is 513 g/mol. The summed E-state index contributed by atoms with van der Waals surface area (Å²) >= 11 is 0. The Kier molecular flexibility index (Phi) is 9.62. The van der Waals surface area contributed by atoms with Crippen molar-refractivity contribution in [2.75, 3.05) is 0 Å². The highest BCUT2D eigenvalue weighted by atomic mass is 16.6. The van der Waals surface area contributed by atoms with E-state index in [2.05, 4.69) is 10.6 Å². The van der Waals surface area contributed by atoms with Gasteiger partial charge in [0.2, 0.25) is 11.8 Å². The van der Waals surface area contributed by atoms with Crippen molar-refractivity contribution in [2.45, 2.75) is 69.4 Å². The fourth-order valence-corrected chi connectivity index (χ4v) is 5.14. The summed E-state index contributed by atoms with van der Waals surface area (Å²) in [4.78, 5) is 38.0. The standard InChI is InChI=1S/C31H35N3O4/c35-30(32-26-16-10-2-1-3-11-17-26)28(22-23-18-20-27(21-19-23)34(37)38)33-31(36)29(24-12-6-4-7-13-24)25-14-8-5-9-15-25/h4-9,12-15,18-21,26,28-29H,1-3,10-11,16-17,22H2,(H,32,35)(H,33,36)/t28-/m0/s1. The summed E-state index contributed by atoms with van der Waals surface area (Å²) in [5.41, 5.74) is 2.41. The van der Waals surface area contributed by atoms with Crippen molar-refractivity contribution < 1.29 is 14.5 Å². The lowest BCUT2D eigenvalue weighted by atomic mass is 9.90. The van der Waals surface area contributed by atoms with E-state index in [0.717, 1.165) is 42.4 Å². The summed E-state index contributed by atoms with van der Waals surface area (Å²) in [7, 11) is 0. The first-order valence-electron chi connectivity index (χ1n) is 13.5. The molecule has 1 atom stereocenters. The molecule has 0 bridgehead atoms. The van der Waals surface area contributed by atoms with E-state index < -0.39 is 16.9 Å². The highest BCUT2D eigenvalue weighted by Crippen LogP contribution is 2.25. The average Bonchev–Trinajstić information content (AvgIpc) is 2.91. The minimum atomic E-state index is -0.815. The predicted octanol–water partition coefficient (Wildman–Crippen LogP) is 5.68. The summed E-state index contributed by atoms with van der Waals surface area (Å²) in [6.07, 6.45) is 7.83. The molecule has 198 valence electrons. The van der Waals surface area contributed by atoms with Gasteiger partial charge in [0, 0.05) is 24.6 Å². The molecule has 1 aliphatic rings. The SMILES string of the molecule is O=C(N[C@@H](Cc1ccc([N+](=O)[O-])cc1)C(=O)NC1CCCCCCC1)C(c1ccccc1)c1ccccc1.